The average molecular weight is 603 g/mol. The van der Waals surface area contributed by atoms with Gasteiger partial charge in [0.05, 0.1) is 5.75 Å². The van der Waals surface area contributed by atoms with Crippen LogP contribution in [0.15, 0.2) is 120 Å². The molecule has 3 aromatic carbocycles. The summed E-state index contributed by atoms with van der Waals surface area (Å²) in [7, 11) is 0. The first-order valence-electron chi connectivity index (χ1n) is 14.0. The smallest absolute Gasteiger partial charge is 0.270 e. The molecule has 0 spiro atoms. The van der Waals surface area contributed by atoms with Crippen LogP contribution in [-0.4, -0.2) is 37.2 Å². The van der Waals surface area contributed by atoms with Crippen molar-refractivity contribution in [1.29, 1.82) is 0 Å². The molecule has 0 unspecified atom stereocenters. The zero-order valence-corrected chi connectivity index (χ0v) is 25.3. The molecule has 43 heavy (non-hydrogen) atoms. The topological polar surface area (TPSA) is 85.6 Å². The van der Waals surface area contributed by atoms with E-state index in [0.717, 1.165) is 33.7 Å². The molecule has 7 nitrogen and oxygen atoms in total. The van der Waals surface area contributed by atoms with Gasteiger partial charge in [-0.25, -0.2) is 4.98 Å². The summed E-state index contributed by atoms with van der Waals surface area (Å²) in [6.45, 7) is 2.61. The number of benzene rings is 3. The molecule has 0 aliphatic carbocycles. The Bertz CT molecular complexity index is 1730. The molecule has 9 heteroatoms. The molecule has 0 fully saturated rings. The summed E-state index contributed by atoms with van der Waals surface area (Å²) < 4.78 is 2.04. The van der Waals surface area contributed by atoms with Crippen LogP contribution >= 0.6 is 23.1 Å². The summed E-state index contributed by atoms with van der Waals surface area (Å²) in [5.74, 6) is 1.34. The third-order valence-corrected chi connectivity index (χ3v) is 9.05. The number of hydrogen-bond acceptors (Lipinski definition) is 7. The maximum atomic E-state index is 13.0. The van der Waals surface area contributed by atoms with Gasteiger partial charge in [-0.15, -0.1) is 21.5 Å². The maximum absolute atomic E-state index is 13.0. The number of nitrogens with zero attached hydrogens (tertiary/aromatic N) is 5. The predicted molar refractivity (Wildman–Crippen MR) is 173 cm³/mol. The summed E-state index contributed by atoms with van der Waals surface area (Å²) in [5, 5.41) is 15.5. The van der Waals surface area contributed by atoms with Crippen LogP contribution in [0.2, 0.25) is 0 Å². The fraction of sp³-hybridized carbons (Fsp3) is 0.147. The van der Waals surface area contributed by atoms with Crippen molar-refractivity contribution in [2.45, 2.75) is 30.2 Å². The Balaban J connectivity index is 1.11. The van der Waals surface area contributed by atoms with E-state index >= 15 is 0 Å². The molecule has 0 bridgehead atoms. The SMILES string of the molecule is Cc1ccc(-n2c(SCc3nc(C(=O)NCCC(c4ccccc4)c4ccccc4)cs3)nnc2-c2cccnc2)cc1. The van der Waals surface area contributed by atoms with Gasteiger partial charge in [0.2, 0.25) is 0 Å². The number of nitrogens with one attached hydrogen (secondary N) is 1. The van der Waals surface area contributed by atoms with Gasteiger partial charge in [-0.05, 0) is 48.7 Å². The number of hydrogen-bond donors (Lipinski definition) is 1. The van der Waals surface area contributed by atoms with Crippen molar-refractivity contribution in [2.24, 2.45) is 0 Å². The van der Waals surface area contributed by atoms with Gasteiger partial charge in [-0.3, -0.25) is 14.3 Å². The molecule has 1 amide bonds. The lowest BCUT2D eigenvalue weighted by atomic mass is 9.88. The number of carbonyl (C=O) groups is 1. The second-order valence-electron chi connectivity index (χ2n) is 10.1. The van der Waals surface area contributed by atoms with E-state index < -0.39 is 0 Å². The van der Waals surface area contributed by atoms with E-state index in [1.54, 1.807) is 24.2 Å². The van der Waals surface area contributed by atoms with E-state index in [2.05, 4.69) is 105 Å². The molecule has 0 radical (unpaired) electrons. The summed E-state index contributed by atoms with van der Waals surface area (Å²) in [6, 6.07) is 33.0. The molecule has 0 saturated heterocycles. The minimum absolute atomic E-state index is 0.158. The second-order valence-corrected chi connectivity index (χ2v) is 11.9. The highest BCUT2D eigenvalue weighted by Gasteiger charge is 2.19. The Kier molecular flexibility index (Phi) is 9.01. The van der Waals surface area contributed by atoms with E-state index in [-0.39, 0.29) is 11.8 Å². The van der Waals surface area contributed by atoms with Gasteiger partial charge in [-0.1, -0.05) is 90.1 Å². The zero-order chi connectivity index (χ0) is 29.4. The molecule has 0 atom stereocenters. The van der Waals surface area contributed by atoms with Gasteiger partial charge >= 0.3 is 0 Å². The lowest BCUT2D eigenvalue weighted by Gasteiger charge is -2.18. The van der Waals surface area contributed by atoms with Gasteiger partial charge in [-0.2, -0.15) is 0 Å². The Morgan fingerprint density at radius 1 is 0.907 bits per heavy atom. The monoisotopic (exact) mass is 602 g/mol. The van der Waals surface area contributed by atoms with Crippen molar-refractivity contribution < 1.29 is 4.79 Å². The van der Waals surface area contributed by atoms with Crippen LogP contribution < -0.4 is 5.32 Å². The Morgan fingerprint density at radius 2 is 1.63 bits per heavy atom. The van der Waals surface area contributed by atoms with Gasteiger partial charge in [0, 0.05) is 41.5 Å². The lowest BCUT2D eigenvalue weighted by Crippen LogP contribution is -2.26. The molecular weight excluding hydrogens is 573 g/mol. The highest BCUT2D eigenvalue weighted by atomic mass is 32.2. The van der Waals surface area contributed by atoms with Crippen LogP contribution in [0.5, 0.6) is 0 Å². The molecule has 1 N–H and O–H groups in total. The van der Waals surface area contributed by atoms with Crippen molar-refractivity contribution in [3.05, 3.63) is 142 Å². The van der Waals surface area contributed by atoms with Crippen molar-refractivity contribution in [3.8, 4) is 17.1 Å². The lowest BCUT2D eigenvalue weighted by molar-refractivity contribution is 0.0948. The molecule has 214 valence electrons. The van der Waals surface area contributed by atoms with Crippen molar-refractivity contribution in [2.75, 3.05) is 6.54 Å². The van der Waals surface area contributed by atoms with Gasteiger partial charge in [0.1, 0.15) is 10.7 Å². The van der Waals surface area contributed by atoms with E-state index in [4.69, 9.17) is 0 Å². The normalized spacial score (nSPS) is 11.1. The molecule has 6 rings (SSSR count). The van der Waals surface area contributed by atoms with Crippen LogP contribution in [0, 0.1) is 6.92 Å². The molecular formula is C34H30N6OS2. The first-order chi connectivity index (χ1) is 21.2. The highest BCUT2D eigenvalue weighted by molar-refractivity contribution is 7.98. The van der Waals surface area contributed by atoms with E-state index in [1.165, 1.54) is 28.0 Å². The first-order valence-corrected chi connectivity index (χ1v) is 15.9. The number of rotatable bonds is 11. The molecule has 3 heterocycles. The molecule has 3 aromatic heterocycles. The van der Waals surface area contributed by atoms with Gasteiger partial charge in [0.25, 0.3) is 5.91 Å². The summed E-state index contributed by atoms with van der Waals surface area (Å²) >= 11 is 3.02. The maximum Gasteiger partial charge on any atom is 0.270 e. The number of thiazole rings is 1. The predicted octanol–water partition coefficient (Wildman–Crippen LogP) is 7.34. The first kappa shape index (κ1) is 28.5. The molecule has 0 saturated carbocycles. The van der Waals surface area contributed by atoms with Crippen LogP contribution in [0.4, 0.5) is 0 Å². The minimum atomic E-state index is -0.158. The fourth-order valence-electron chi connectivity index (χ4n) is 4.90. The summed E-state index contributed by atoms with van der Waals surface area (Å²) in [6.07, 6.45) is 4.32. The number of carbonyl (C=O) groups excluding carboxylic acids is 1. The van der Waals surface area contributed by atoms with Crippen LogP contribution in [0.1, 0.15) is 44.5 Å². The number of pyridine rings is 1. The van der Waals surface area contributed by atoms with Crippen molar-refractivity contribution >= 4 is 29.0 Å². The Hall–Kier alpha value is -4.60. The molecule has 6 aromatic rings. The number of amides is 1. The second kappa shape index (κ2) is 13.6. The van der Waals surface area contributed by atoms with Crippen molar-refractivity contribution in [3.63, 3.8) is 0 Å². The average Bonchev–Trinajstić information content (AvgIpc) is 3.71. The van der Waals surface area contributed by atoms with Gasteiger partial charge in [0.15, 0.2) is 11.0 Å². The summed E-state index contributed by atoms with van der Waals surface area (Å²) in [5.41, 5.74) is 5.95. The Morgan fingerprint density at radius 3 is 2.30 bits per heavy atom. The van der Waals surface area contributed by atoms with E-state index in [1.807, 2.05) is 34.2 Å². The van der Waals surface area contributed by atoms with Crippen molar-refractivity contribution in [1.82, 2.24) is 30.0 Å². The third-order valence-electron chi connectivity index (χ3n) is 7.08. The van der Waals surface area contributed by atoms with E-state index in [9.17, 15) is 4.79 Å². The molecule has 0 aliphatic heterocycles. The molecule has 0 aliphatic rings. The zero-order valence-electron chi connectivity index (χ0n) is 23.6. The van der Waals surface area contributed by atoms with E-state index in [0.29, 0.717) is 18.0 Å². The largest absolute Gasteiger partial charge is 0.351 e. The highest BCUT2D eigenvalue weighted by Crippen LogP contribution is 2.31. The van der Waals surface area contributed by atoms with Crippen LogP contribution in [0.25, 0.3) is 17.1 Å². The Labute approximate surface area is 259 Å². The fourth-order valence-corrected chi connectivity index (χ4v) is 6.64. The minimum Gasteiger partial charge on any atom is -0.351 e. The summed E-state index contributed by atoms with van der Waals surface area (Å²) in [4.78, 5) is 21.9. The van der Waals surface area contributed by atoms with Gasteiger partial charge < -0.3 is 5.32 Å². The quantitative estimate of drug-likeness (QED) is 0.156. The van der Waals surface area contributed by atoms with Crippen LogP contribution in [-0.2, 0) is 5.75 Å². The van der Waals surface area contributed by atoms with Crippen LogP contribution in [0.3, 0.4) is 0 Å². The standard InChI is InChI=1S/C34H30N6OS2/c1-24-14-16-28(17-15-24)40-32(27-13-8-19-35-21-27)38-39-34(40)43-23-31-37-30(22-42-31)33(41)36-20-18-29(25-9-4-2-5-10-25)26-11-6-3-7-12-26/h2-17,19,21-22,29H,18,20,23H2,1H3,(H,36,41). The number of aryl methyl sites for hydroxylation is 1. The number of thioether (sulfide) groups is 1. The number of aromatic nitrogens is 5. The third kappa shape index (κ3) is 6.90.